The number of nitrogens with one attached hydrogen (secondary N) is 1. The van der Waals surface area contributed by atoms with Gasteiger partial charge in [0.15, 0.2) is 0 Å². The van der Waals surface area contributed by atoms with E-state index in [2.05, 4.69) is 5.32 Å². The van der Waals surface area contributed by atoms with E-state index in [1.54, 1.807) is 12.1 Å². The third-order valence-electron chi connectivity index (χ3n) is 1.83. The number of benzene rings is 1. The van der Waals surface area contributed by atoms with Crippen LogP contribution in [0.5, 0.6) is 0 Å². The van der Waals surface area contributed by atoms with E-state index in [9.17, 15) is 14.4 Å². The average molecular weight is 234 g/mol. The van der Waals surface area contributed by atoms with Gasteiger partial charge in [-0.25, -0.2) is 4.79 Å². The number of hydrogen-bond acceptors (Lipinski definition) is 3. The lowest BCUT2D eigenvalue weighted by Crippen LogP contribution is -2.16. The second-order valence-electron chi connectivity index (χ2n) is 3.07. The summed E-state index contributed by atoms with van der Waals surface area (Å²) in [5.41, 5.74) is 5.50. The van der Waals surface area contributed by atoms with Crippen molar-refractivity contribution in [3.63, 3.8) is 0 Å². The molecule has 88 valence electrons. The molecule has 0 fully saturated rings. The van der Waals surface area contributed by atoms with Crippen LogP contribution in [0.2, 0.25) is 0 Å². The molecule has 1 aromatic rings. The van der Waals surface area contributed by atoms with Crippen molar-refractivity contribution in [1.82, 2.24) is 0 Å². The highest BCUT2D eigenvalue weighted by molar-refractivity contribution is 6.07. The van der Waals surface area contributed by atoms with Gasteiger partial charge in [-0.3, -0.25) is 9.59 Å². The molecule has 0 unspecified atom stereocenters. The van der Waals surface area contributed by atoms with Crippen LogP contribution in [0.15, 0.2) is 36.4 Å². The summed E-state index contributed by atoms with van der Waals surface area (Å²) >= 11 is 0. The Kier molecular flexibility index (Phi) is 3.99. The predicted octanol–water partition coefficient (Wildman–Crippen LogP) is 0.365. The number of aliphatic carboxylic acids is 1. The summed E-state index contributed by atoms with van der Waals surface area (Å²) in [4.78, 5) is 32.5. The van der Waals surface area contributed by atoms with Crippen molar-refractivity contribution in [1.29, 1.82) is 0 Å². The highest BCUT2D eigenvalue weighted by atomic mass is 16.4. The molecule has 0 aliphatic carbocycles. The molecule has 0 heterocycles. The number of carboxylic acid groups (broad SMARTS) is 1. The molecule has 0 aliphatic heterocycles. The minimum atomic E-state index is -1.23. The third-order valence-corrected chi connectivity index (χ3v) is 1.83. The largest absolute Gasteiger partial charge is 0.478 e. The lowest BCUT2D eigenvalue weighted by atomic mass is 10.1. The summed E-state index contributed by atoms with van der Waals surface area (Å²) < 4.78 is 0. The van der Waals surface area contributed by atoms with Gasteiger partial charge in [-0.1, -0.05) is 12.1 Å². The number of nitrogens with two attached hydrogens (primary N) is 1. The maximum Gasteiger partial charge on any atom is 0.328 e. The zero-order valence-corrected chi connectivity index (χ0v) is 8.71. The molecule has 1 aromatic carbocycles. The third kappa shape index (κ3) is 3.78. The first-order valence-electron chi connectivity index (χ1n) is 4.61. The second kappa shape index (κ2) is 5.45. The Bertz CT molecular complexity index is 494. The van der Waals surface area contributed by atoms with Crippen LogP contribution in [-0.2, 0) is 9.59 Å². The predicted molar refractivity (Wildman–Crippen MR) is 60.4 cm³/mol. The van der Waals surface area contributed by atoms with Gasteiger partial charge in [0, 0.05) is 12.2 Å². The van der Waals surface area contributed by atoms with Crippen LogP contribution < -0.4 is 11.1 Å². The van der Waals surface area contributed by atoms with Gasteiger partial charge in [0.05, 0.1) is 11.3 Å². The molecule has 0 saturated heterocycles. The molecule has 6 heteroatoms. The number of amides is 2. The number of carbonyl (C=O) groups excluding carboxylic acids is 2. The maximum atomic E-state index is 11.3. The molecule has 2 amide bonds. The normalized spacial score (nSPS) is 10.1. The van der Waals surface area contributed by atoms with Crippen molar-refractivity contribution in [3.05, 3.63) is 42.0 Å². The highest BCUT2D eigenvalue weighted by Gasteiger charge is 2.08. The van der Waals surface area contributed by atoms with Gasteiger partial charge in [0.2, 0.25) is 5.91 Å². The summed E-state index contributed by atoms with van der Waals surface area (Å²) in [6.07, 6.45) is 1.54. The maximum absolute atomic E-state index is 11.3. The SMILES string of the molecule is NC(=O)c1ccccc1NC(=O)/C=C/C(=O)O. The van der Waals surface area contributed by atoms with Crippen LogP contribution in [0, 0.1) is 0 Å². The number of carboxylic acids is 1. The summed E-state index contributed by atoms with van der Waals surface area (Å²) in [6.45, 7) is 0. The fourth-order valence-electron chi connectivity index (χ4n) is 1.13. The van der Waals surface area contributed by atoms with Gasteiger partial charge in [-0.05, 0) is 12.1 Å². The van der Waals surface area contributed by atoms with Crippen LogP contribution in [-0.4, -0.2) is 22.9 Å². The molecule has 6 nitrogen and oxygen atoms in total. The molecular formula is C11H10N2O4. The Morgan fingerprint density at radius 3 is 2.41 bits per heavy atom. The smallest absolute Gasteiger partial charge is 0.328 e. The molecule has 0 spiro atoms. The number of para-hydroxylation sites is 1. The first-order valence-corrected chi connectivity index (χ1v) is 4.61. The zero-order valence-electron chi connectivity index (χ0n) is 8.71. The topological polar surface area (TPSA) is 109 Å². The highest BCUT2D eigenvalue weighted by Crippen LogP contribution is 2.13. The van der Waals surface area contributed by atoms with E-state index in [4.69, 9.17) is 10.8 Å². The van der Waals surface area contributed by atoms with Gasteiger partial charge >= 0.3 is 5.97 Å². The second-order valence-corrected chi connectivity index (χ2v) is 3.07. The first-order chi connectivity index (χ1) is 8.00. The number of rotatable bonds is 4. The molecule has 0 saturated carbocycles. The molecule has 0 atom stereocenters. The first kappa shape index (κ1) is 12.4. The Morgan fingerprint density at radius 2 is 1.82 bits per heavy atom. The van der Waals surface area contributed by atoms with Crippen molar-refractivity contribution in [2.75, 3.05) is 5.32 Å². The van der Waals surface area contributed by atoms with Gasteiger partial charge in [0.25, 0.3) is 5.91 Å². The molecule has 17 heavy (non-hydrogen) atoms. The van der Waals surface area contributed by atoms with Crippen molar-refractivity contribution < 1.29 is 19.5 Å². The van der Waals surface area contributed by atoms with E-state index in [0.717, 1.165) is 6.08 Å². The van der Waals surface area contributed by atoms with Crippen LogP contribution >= 0.6 is 0 Å². The molecule has 0 radical (unpaired) electrons. The molecule has 1 rings (SSSR count). The van der Waals surface area contributed by atoms with E-state index >= 15 is 0 Å². The zero-order chi connectivity index (χ0) is 12.8. The Morgan fingerprint density at radius 1 is 1.18 bits per heavy atom. The fourth-order valence-corrected chi connectivity index (χ4v) is 1.13. The molecule has 4 N–H and O–H groups in total. The van der Waals surface area contributed by atoms with Gasteiger partial charge < -0.3 is 16.2 Å². The van der Waals surface area contributed by atoms with Crippen molar-refractivity contribution in [2.45, 2.75) is 0 Å². The van der Waals surface area contributed by atoms with E-state index in [-0.39, 0.29) is 11.3 Å². The molecule has 0 aromatic heterocycles. The average Bonchev–Trinajstić information content (AvgIpc) is 2.27. The lowest BCUT2D eigenvalue weighted by Gasteiger charge is -2.06. The van der Waals surface area contributed by atoms with Crippen molar-refractivity contribution in [2.24, 2.45) is 5.73 Å². The summed E-state index contributed by atoms with van der Waals surface area (Å²) in [5, 5.41) is 10.7. The number of anilines is 1. The number of primary amides is 1. The van der Waals surface area contributed by atoms with E-state index in [1.807, 2.05) is 0 Å². The standard InChI is InChI=1S/C11H10N2O4/c12-11(17)7-3-1-2-4-8(7)13-9(14)5-6-10(15)16/h1-6H,(H2,12,17)(H,13,14)(H,15,16)/b6-5+. The van der Waals surface area contributed by atoms with Gasteiger partial charge in [-0.15, -0.1) is 0 Å². The van der Waals surface area contributed by atoms with Gasteiger partial charge in [-0.2, -0.15) is 0 Å². The Labute approximate surface area is 96.7 Å². The van der Waals surface area contributed by atoms with Crippen molar-refractivity contribution >= 4 is 23.5 Å². The monoisotopic (exact) mass is 234 g/mol. The summed E-state index contributed by atoms with van der Waals surface area (Å²) in [5.74, 6) is -2.56. The van der Waals surface area contributed by atoms with Crippen LogP contribution in [0.4, 0.5) is 5.69 Å². The number of hydrogen-bond donors (Lipinski definition) is 3. The Balaban J connectivity index is 2.85. The molecule has 0 aliphatic rings. The fraction of sp³-hybridized carbons (Fsp3) is 0. The van der Waals surface area contributed by atoms with Crippen LogP contribution in [0.1, 0.15) is 10.4 Å². The molecule has 0 bridgehead atoms. The van der Waals surface area contributed by atoms with E-state index in [0.29, 0.717) is 6.08 Å². The molecular weight excluding hydrogens is 224 g/mol. The van der Waals surface area contributed by atoms with E-state index < -0.39 is 17.8 Å². The lowest BCUT2D eigenvalue weighted by molar-refractivity contribution is -0.131. The van der Waals surface area contributed by atoms with Gasteiger partial charge in [0.1, 0.15) is 0 Å². The minimum absolute atomic E-state index is 0.157. The van der Waals surface area contributed by atoms with E-state index in [1.165, 1.54) is 12.1 Å². The van der Waals surface area contributed by atoms with Crippen LogP contribution in [0.25, 0.3) is 0 Å². The Hall–Kier alpha value is -2.63. The quantitative estimate of drug-likeness (QED) is 0.653. The van der Waals surface area contributed by atoms with Crippen molar-refractivity contribution in [3.8, 4) is 0 Å². The summed E-state index contributed by atoms with van der Waals surface area (Å²) in [7, 11) is 0. The minimum Gasteiger partial charge on any atom is -0.478 e. The number of carbonyl (C=O) groups is 3. The summed E-state index contributed by atoms with van der Waals surface area (Å²) in [6, 6.07) is 6.16. The van der Waals surface area contributed by atoms with Crippen LogP contribution in [0.3, 0.4) is 0 Å².